The van der Waals surface area contributed by atoms with Gasteiger partial charge in [0.15, 0.2) is 0 Å². The Morgan fingerprint density at radius 2 is 1.89 bits per heavy atom. The Balaban J connectivity index is 1.76. The number of benzene rings is 2. The molecule has 0 aliphatic rings. The van der Waals surface area contributed by atoms with Gasteiger partial charge in [0.05, 0.1) is 5.69 Å². The molecule has 27 heavy (non-hydrogen) atoms. The highest BCUT2D eigenvalue weighted by Gasteiger charge is 2.13. The normalized spacial score (nSPS) is 10.5. The number of hydrogen-bond acceptors (Lipinski definition) is 4. The van der Waals surface area contributed by atoms with Crippen LogP contribution in [0.3, 0.4) is 0 Å². The van der Waals surface area contributed by atoms with Crippen LogP contribution in [0, 0.1) is 18.6 Å². The van der Waals surface area contributed by atoms with Crippen LogP contribution in [0.2, 0.25) is 5.02 Å². The summed E-state index contributed by atoms with van der Waals surface area (Å²) in [6.07, 6.45) is 0. The molecule has 0 aliphatic carbocycles. The van der Waals surface area contributed by atoms with E-state index in [9.17, 15) is 13.6 Å². The second-order valence-electron chi connectivity index (χ2n) is 5.71. The second kappa shape index (κ2) is 8.09. The Morgan fingerprint density at radius 3 is 2.63 bits per heavy atom. The second-order valence-corrected chi connectivity index (χ2v) is 6.12. The molecule has 3 rings (SSSR count). The Bertz CT molecular complexity index is 997. The lowest BCUT2D eigenvalue weighted by atomic mass is 10.2. The van der Waals surface area contributed by atoms with Crippen molar-refractivity contribution in [3.05, 3.63) is 82.3 Å². The molecule has 0 spiro atoms. The smallest absolute Gasteiger partial charge is 0.274 e. The van der Waals surface area contributed by atoms with E-state index in [4.69, 9.17) is 11.6 Å². The minimum absolute atomic E-state index is 0.0490. The first kappa shape index (κ1) is 18.7. The van der Waals surface area contributed by atoms with Gasteiger partial charge in [0.25, 0.3) is 5.91 Å². The van der Waals surface area contributed by atoms with E-state index in [1.807, 2.05) is 18.2 Å². The highest BCUT2D eigenvalue weighted by molar-refractivity contribution is 6.31. The van der Waals surface area contributed by atoms with E-state index < -0.39 is 17.5 Å². The molecule has 5 nitrogen and oxygen atoms in total. The summed E-state index contributed by atoms with van der Waals surface area (Å²) in [5, 5.41) is 6.06. The lowest BCUT2D eigenvalue weighted by Crippen LogP contribution is -2.16. The Hall–Kier alpha value is -3.06. The number of hydrogen-bond donors (Lipinski definition) is 2. The van der Waals surface area contributed by atoms with Crippen LogP contribution in [-0.4, -0.2) is 15.9 Å². The molecule has 1 amide bonds. The van der Waals surface area contributed by atoms with E-state index in [-0.39, 0.29) is 11.4 Å². The molecular formula is C19H15ClF2N4O. The number of carbonyl (C=O) groups is 1. The summed E-state index contributed by atoms with van der Waals surface area (Å²) in [6.45, 7) is 2.04. The average molecular weight is 389 g/mol. The van der Waals surface area contributed by atoms with E-state index >= 15 is 0 Å². The summed E-state index contributed by atoms with van der Waals surface area (Å²) in [4.78, 5) is 20.7. The fourth-order valence-corrected chi connectivity index (χ4v) is 2.58. The van der Waals surface area contributed by atoms with Gasteiger partial charge in [-0.15, -0.1) is 0 Å². The van der Waals surface area contributed by atoms with Crippen LogP contribution in [0.15, 0.2) is 48.5 Å². The van der Waals surface area contributed by atoms with Gasteiger partial charge in [0.1, 0.15) is 29.0 Å². The molecule has 0 bridgehead atoms. The van der Waals surface area contributed by atoms with Crippen LogP contribution in [-0.2, 0) is 6.54 Å². The molecule has 3 aromatic rings. The molecule has 1 aromatic heterocycles. The maximum atomic E-state index is 13.7. The van der Waals surface area contributed by atoms with E-state index in [0.717, 1.165) is 17.7 Å². The molecule has 0 atom stereocenters. The van der Waals surface area contributed by atoms with Crippen LogP contribution in [0.25, 0.3) is 0 Å². The summed E-state index contributed by atoms with van der Waals surface area (Å²) < 4.78 is 26.7. The van der Waals surface area contributed by atoms with E-state index in [0.29, 0.717) is 29.3 Å². The zero-order chi connectivity index (χ0) is 19.4. The molecule has 0 saturated carbocycles. The molecule has 138 valence electrons. The van der Waals surface area contributed by atoms with Gasteiger partial charge < -0.3 is 10.6 Å². The zero-order valence-corrected chi connectivity index (χ0v) is 15.0. The number of anilines is 2. The van der Waals surface area contributed by atoms with Crippen molar-refractivity contribution in [2.45, 2.75) is 13.5 Å². The highest BCUT2D eigenvalue weighted by atomic mass is 35.5. The third-order valence-electron chi connectivity index (χ3n) is 3.67. The third kappa shape index (κ3) is 4.77. The number of nitrogens with zero attached hydrogens (tertiary/aromatic N) is 2. The molecule has 0 unspecified atom stereocenters. The predicted molar refractivity (Wildman–Crippen MR) is 99.9 cm³/mol. The molecule has 8 heteroatoms. The monoisotopic (exact) mass is 388 g/mol. The van der Waals surface area contributed by atoms with Crippen LogP contribution in [0.5, 0.6) is 0 Å². The minimum atomic E-state index is -0.869. The quantitative estimate of drug-likeness (QED) is 0.671. The number of aromatic nitrogens is 2. The van der Waals surface area contributed by atoms with Gasteiger partial charge in [-0.25, -0.2) is 18.7 Å². The molecular weight excluding hydrogens is 374 g/mol. The van der Waals surface area contributed by atoms with Gasteiger partial charge in [-0.05, 0) is 30.7 Å². The maximum Gasteiger partial charge on any atom is 0.274 e. The fraction of sp³-hybridized carbons (Fsp3) is 0.105. The van der Waals surface area contributed by atoms with Crippen molar-refractivity contribution in [3.63, 3.8) is 0 Å². The summed E-state index contributed by atoms with van der Waals surface area (Å²) in [7, 11) is 0. The van der Waals surface area contributed by atoms with Crippen LogP contribution >= 0.6 is 11.6 Å². The number of nitrogens with one attached hydrogen (secondary N) is 2. The van der Waals surface area contributed by atoms with Crippen molar-refractivity contribution in [2.24, 2.45) is 0 Å². The van der Waals surface area contributed by atoms with Crippen molar-refractivity contribution in [1.29, 1.82) is 0 Å². The number of aryl methyl sites for hydroxylation is 1. The van der Waals surface area contributed by atoms with E-state index in [1.165, 1.54) is 6.07 Å². The first-order valence-electron chi connectivity index (χ1n) is 8.02. The number of amides is 1. The molecule has 2 aromatic carbocycles. The van der Waals surface area contributed by atoms with Crippen molar-refractivity contribution < 1.29 is 13.6 Å². The maximum absolute atomic E-state index is 13.7. The van der Waals surface area contributed by atoms with Gasteiger partial charge >= 0.3 is 0 Å². The average Bonchev–Trinajstić information content (AvgIpc) is 2.63. The van der Waals surface area contributed by atoms with Crippen LogP contribution < -0.4 is 10.6 Å². The van der Waals surface area contributed by atoms with Crippen molar-refractivity contribution in [2.75, 3.05) is 10.6 Å². The van der Waals surface area contributed by atoms with Crippen LogP contribution in [0.4, 0.5) is 20.3 Å². The van der Waals surface area contributed by atoms with Gasteiger partial charge in [0.2, 0.25) is 0 Å². The van der Waals surface area contributed by atoms with E-state index in [2.05, 4.69) is 20.6 Å². The summed E-state index contributed by atoms with van der Waals surface area (Å²) >= 11 is 6.12. The zero-order valence-electron chi connectivity index (χ0n) is 14.3. The first-order chi connectivity index (χ1) is 12.9. The largest absolute Gasteiger partial charge is 0.366 e. The number of rotatable bonds is 5. The first-order valence-corrected chi connectivity index (χ1v) is 8.39. The Morgan fingerprint density at radius 1 is 1.11 bits per heavy atom. The van der Waals surface area contributed by atoms with Gasteiger partial charge in [-0.1, -0.05) is 29.8 Å². The third-order valence-corrected chi connectivity index (χ3v) is 4.04. The molecule has 0 aliphatic heterocycles. The summed E-state index contributed by atoms with van der Waals surface area (Å²) in [5.41, 5.74) is 0.783. The van der Waals surface area contributed by atoms with Crippen LogP contribution in [0.1, 0.15) is 21.9 Å². The number of carbonyl (C=O) groups excluding carboxylic acids is 1. The van der Waals surface area contributed by atoms with Gasteiger partial charge in [-0.2, -0.15) is 0 Å². The SMILES string of the molecule is Cc1nc(NCc2ccccc2Cl)cc(C(=O)Nc2ccc(F)cc2F)n1. The molecule has 1 heterocycles. The lowest BCUT2D eigenvalue weighted by molar-refractivity contribution is 0.102. The Kier molecular flexibility index (Phi) is 5.61. The molecule has 0 saturated heterocycles. The van der Waals surface area contributed by atoms with Gasteiger partial charge in [-0.3, -0.25) is 4.79 Å². The predicted octanol–water partition coefficient (Wildman–Crippen LogP) is 4.58. The minimum Gasteiger partial charge on any atom is -0.366 e. The Labute approximate surface area is 159 Å². The fourth-order valence-electron chi connectivity index (χ4n) is 2.38. The highest BCUT2D eigenvalue weighted by Crippen LogP contribution is 2.18. The van der Waals surface area contributed by atoms with Crippen molar-refractivity contribution >= 4 is 29.0 Å². The van der Waals surface area contributed by atoms with Crippen molar-refractivity contribution in [1.82, 2.24) is 9.97 Å². The van der Waals surface area contributed by atoms with E-state index in [1.54, 1.807) is 13.0 Å². The lowest BCUT2D eigenvalue weighted by Gasteiger charge is -2.10. The van der Waals surface area contributed by atoms with Gasteiger partial charge in [0, 0.05) is 23.7 Å². The molecule has 0 fully saturated rings. The summed E-state index contributed by atoms with van der Waals surface area (Å²) in [6, 6.07) is 11.7. The standard InChI is InChI=1S/C19H15ClF2N4O/c1-11-24-17(19(27)26-16-7-6-13(21)8-15(16)22)9-18(25-11)23-10-12-4-2-3-5-14(12)20/h2-9H,10H2,1H3,(H,26,27)(H,23,24,25). The van der Waals surface area contributed by atoms with Crippen molar-refractivity contribution in [3.8, 4) is 0 Å². The molecule has 0 radical (unpaired) electrons. The summed E-state index contributed by atoms with van der Waals surface area (Å²) in [5.74, 6) is -1.44. The number of halogens is 3. The topological polar surface area (TPSA) is 66.9 Å². The molecule has 2 N–H and O–H groups in total.